The smallest absolute Gasteiger partial charge is 0.0267 e. The Balaban J connectivity index is 0.000000272. The van der Waals surface area contributed by atoms with Gasteiger partial charge in [0.25, 0.3) is 0 Å². The van der Waals surface area contributed by atoms with Crippen molar-refractivity contribution in [3.05, 3.63) is 107 Å². The Morgan fingerprint density at radius 3 is 1.44 bits per heavy atom. The van der Waals surface area contributed by atoms with E-state index >= 15 is 0 Å². The number of benzene rings is 2. The third-order valence-corrected chi connectivity index (χ3v) is 9.27. The van der Waals surface area contributed by atoms with E-state index in [9.17, 15) is 0 Å². The molecule has 2 heterocycles. The molecule has 1 saturated heterocycles. The number of hydrogen-bond donors (Lipinski definition) is 0. The van der Waals surface area contributed by atoms with Gasteiger partial charge in [-0.15, -0.1) is 0 Å². The molecule has 6 heteroatoms. The average Bonchev–Trinajstić information content (AvgIpc) is 3.27. The van der Waals surface area contributed by atoms with E-state index in [4.69, 9.17) is 19.4 Å². The fourth-order valence-electron chi connectivity index (χ4n) is 6.13. The number of halogens is 2. The van der Waals surface area contributed by atoms with Crippen molar-refractivity contribution in [2.24, 2.45) is 0 Å². The van der Waals surface area contributed by atoms with Gasteiger partial charge < -0.3 is 9.80 Å². The van der Waals surface area contributed by atoms with Crippen molar-refractivity contribution in [2.75, 3.05) is 9.80 Å². The quantitative estimate of drug-likeness (QED) is 0.203. The van der Waals surface area contributed by atoms with E-state index in [0.717, 1.165) is 0 Å². The molecule has 3 nitrogen and oxygen atoms in total. The van der Waals surface area contributed by atoms with E-state index in [2.05, 4.69) is 87.3 Å². The largest absolute Gasteiger partial charge is 0.499 e. The molecule has 41 heavy (non-hydrogen) atoms. The van der Waals surface area contributed by atoms with Crippen LogP contribution >= 0.6 is 19.4 Å². The number of allylic oxidation sites excluding steroid dienone is 2. The third-order valence-electron chi connectivity index (χ3n) is 7.49. The summed E-state index contributed by atoms with van der Waals surface area (Å²) in [5, 5.41) is 0. The number of aryl methyl sites for hydroxylation is 6. The Morgan fingerprint density at radius 2 is 1.17 bits per heavy atom. The van der Waals surface area contributed by atoms with Crippen molar-refractivity contribution in [3.63, 3.8) is 0 Å². The van der Waals surface area contributed by atoms with Crippen molar-refractivity contribution >= 4 is 35.4 Å². The second kappa shape index (κ2) is 16.0. The minimum absolute atomic E-state index is 0.582. The molecule has 2 aromatic carbocycles. The fourth-order valence-corrected chi connectivity index (χ4v) is 7.45. The van der Waals surface area contributed by atoms with Crippen LogP contribution in [0.1, 0.15) is 72.9 Å². The molecule has 5 rings (SSSR count). The van der Waals surface area contributed by atoms with Gasteiger partial charge in [-0.25, -0.2) is 0 Å². The molecule has 2 atom stereocenters. The van der Waals surface area contributed by atoms with E-state index in [0.29, 0.717) is 12.1 Å². The monoisotopic (exact) mass is 680 g/mol. The van der Waals surface area contributed by atoms with Gasteiger partial charge in [0.2, 0.25) is 0 Å². The van der Waals surface area contributed by atoms with Gasteiger partial charge in [-0.2, -0.15) is 6.67 Å². The Kier molecular flexibility index (Phi) is 13.1. The first-order valence-electron chi connectivity index (χ1n) is 14.4. The normalized spacial score (nSPS) is 17.9. The predicted octanol–water partition coefficient (Wildman–Crippen LogP) is 10.1. The van der Waals surface area contributed by atoms with Crippen molar-refractivity contribution < 1.29 is 13.5 Å². The summed E-state index contributed by atoms with van der Waals surface area (Å²) in [5.74, 6) is 0. The standard InChI is InChI=1S/C25H33N2.C5H5N.C5H8.2ClH.Ru/c1-16-11-18(3)24(19(4)12-16)26-15-27(23-10-8-7-9-22(23)26)25-20(5)13-17(2)14-21(25)6;1-2-4-6-5-3-1;1-4-5(2)3;;;/h11-15,22-23H,7-10H2,1-6H3;1-5H;1,4H,2-3H3;2*1H;/q-1;;;;;+2/p-2. The van der Waals surface area contributed by atoms with E-state index in [-0.39, 0.29) is 0 Å². The van der Waals surface area contributed by atoms with Crippen molar-refractivity contribution in [3.8, 4) is 0 Å². The molecule has 2 aliphatic rings. The molecule has 2 fully saturated rings. The van der Waals surface area contributed by atoms with Crippen molar-refractivity contribution in [1.82, 2.24) is 4.98 Å². The van der Waals surface area contributed by atoms with Crippen LogP contribution in [0.2, 0.25) is 0 Å². The molecule has 1 aliphatic carbocycles. The second-order valence-corrected chi connectivity index (χ2v) is 17.2. The van der Waals surface area contributed by atoms with E-state index in [1.54, 1.807) is 12.4 Å². The molecular formula is C35H46Cl2N3Ru-. The number of nitrogens with zero attached hydrogens (tertiary/aromatic N) is 3. The zero-order valence-corrected chi connectivity index (χ0v) is 29.1. The maximum absolute atomic E-state index is 5.53. The SMILES string of the molecule is CC(C)=C[CH]=[Ru]([Cl])[Cl].Cc1cc(C)c(N2[CH-]N(c3c(C)cc(C)cc3C)C3CCCCC32)c(C)c1.c1ccncc1. The number of hydrogen-bond acceptors (Lipinski definition) is 3. The summed E-state index contributed by atoms with van der Waals surface area (Å²) in [4.78, 5) is 8.99. The van der Waals surface area contributed by atoms with Gasteiger partial charge in [-0.1, -0.05) is 54.3 Å². The molecule has 1 saturated carbocycles. The molecule has 0 spiro atoms. The average molecular weight is 681 g/mol. The fraction of sp³-hybridized carbons (Fsp3) is 0.400. The number of pyridine rings is 1. The van der Waals surface area contributed by atoms with Crippen LogP contribution in [0.4, 0.5) is 11.4 Å². The summed E-state index contributed by atoms with van der Waals surface area (Å²) in [7, 11) is 11.1. The Labute approximate surface area is 262 Å². The van der Waals surface area contributed by atoms with Gasteiger partial charge >= 0.3 is 63.0 Å². The minimum atomic E-state index is -1.52. The summed E-state index contributed by atoms with van der Waals surface area (Å²) < 4.78 is 1.88. The molecule has 0 amide bonds. The molecule has 3 aromatic rings. The second-order valence-electron chi connectivity index (χ2n) is 11.4. The van der Waals surface area contributed by atoms with E-state index < -0.39 is 13.5 Å². The number of rotatable bonds is 3. The number of fused-ring (bicyclic) bond motifs is 1. The van der Waals surface area contributed by atoms with E-state index in [1.807, 2.05) is 42.7 Å². The molecule has 0 radical (unpaired) electrons. The maximum atomic E-state index is 5.53. The predicted molar refractivity (Wildman–Crippen MR) is 178 cm³/mol. The molecule has 2 unspecified atom stereocenters. The number of anilines is 2. The Bertz CT molecular complexity index is 1180. The van der Waals surface area contributed by atoms with Gasteiger partial charge in [0, 0.05) is 35.9 Å². The van der Waals surface area contributed by atoms with Crippen molar-refractivity contribution in [1.29, 1.82) is 0 Å². The Morgan fingerprint density at radius 1 is 0.756 bits per heavy atom. The van der Waals surface area contributed by atoms with Gasteiger partial charge in [-0.05, 0) is 88.8 Å². The van der Waals surface area contributed by atoms with Crippen LogP contribution < -0.4 is 9.80 Å². The summed E-state index contributed by atoms with van der Waals surface area (Å²) in [6.07, 6.45) is 10.7. The summed E-state index contributed by atoms with van der Waals surface area (Å²) in [5.41, 5.74) is 12.4. The summed E-state index contributed by atoms with van der Waals surface area (Å²) in [6.45, 7) is 19.9. The van der Waals surface area contributed by atoms with Crippen LogP contribution in [0.3, 0.4) is 0 Å². The topological polar surface area (TPSA) is 19.4 Å². The molecule has 0 bridgehead atoms. The Hall–Kier alpha value is -2.00. The minimum Gasteiger partial charge on any atom is -0.499 e. The molecule has 0 N–H and O–H groups in total. The van der Waals surface area contributed by atoms with Crippen LogP contribution in [0.5, 0.6) is 0 Å². The molecule has 1 aliphatic heterocycles. The zero-order valence-electron chi connectivity index (χ0n) is 25.9. The van der Waals surface area contributed by atoms with E-state index in [1.165, 1.54) is 76.0 Å². The molecular weight excluding hydrogens is 634 g/mol. The van der Waals surface area contributed by atoms with Crippen LogP contribution in [-0.2, 0) is 13.5 Å². The first kappa shape index (κ1) is 33.5. The number of aromatic nitrogens is 1. The first-order chi connectivity index (χ1) is 19.5. The van der Waals surface area contributed by atoms with Crippen LogP contribution in [-0.4, -0.2) is 21.7 Å². The van der Waals surface area contributed by atoms with Crippen LogP contribution in [0, 0.1) is 48.2 Å². The third kappa shape index (κ3) is 9.50. The van der Waals surface area contributed by atoms with Gasteiger partial charge in [0.15, 0.2) is 0 Å². The van der Waals surface area contributed by atoms with Gasteiger partial charge in [0.05, 0.1) is 0 Å². The van der Waals surface area contributed by atoms with Crippen LogP contribution in [0.15, 0.2) is 66.5 Å². The van der Waals surface area contributed by atoms with Gasteiger partial charge in [-0.3, -0.25) is 4.98 Å². The first-order valence-corrected chi connectivity index (χ1v) is 19.9. The van der Waals surface area contributed by atoms with Gasteiger partial charge in [0.1, 0.15) is 0 Å². The maximum Gasteiger partial charge on any atom is 0.0267 e. The summed E-state index contributed by atoms with van der Waals surface area (Å²) >= 11 is -1.52. The molecule has 1 aromatic heterocycles. The zero-order chi connectivity index (χ0) is 30.1. The summed E-state index contributed by atoms with van der Waals surface area (Å²) in [6, 6.07) is 16.2. The molecule has 224 valence electrons. The van der Waals surface area contributed by atoms with Crippen LogP contribution in [0.25, 0.3) is 0 Å². The van der Waals surface area contributed by atoms with Crippen molar-refractivity contribution in [2.45, 2.75) is 93.2 Å².